The van der Waals surface area contributed by atoms with Gasteiger partial charge in [0.2, 0.25) is 0 Å². The lowest BCUT2D eigenvalue weighted by molar-refractivity contribution is 0.599. The SMILES string of the molecule is Cc1nn(-c2ccccc2)c(C)c1S(=O)(=O)Nc1nn(Cc2ccc(Cl)c(Cl)c2)cc1Br. The molecule has 0 fully saturated rings. The molecule has 2 aromatic heterocycles. The second-order valence-electron chi connectivity index (χ2n) is 7.12. The molecule has 0 spiro atoms. The zero-order valence-electron chi connectivity index (χ0n) is 17.1. The first-order valence-corrected chi connectivity index (χ1v) is 12.5. The van der Waals surface area contributed by atoms with Crippen molar-refractivity contribution in [3.8, 4) is 5.69 Å². The van der Waals surface area contributed by atoms with Crippen LogP contribution in [0.3, 0.4) is 0 Å². The van der Waals surface area contributed by atoms with E-state index < -0.39 is 10.0 Å². The summed E-state index contributed by atoms with van der Waals surface area (Å²) in [5.41, 5.74) is 2.55. The summed E-state index contributed by atoms with van der Waals surface area (Å²) < 4.78 is 32.7. The highest BCUT2D eigenvalue weighted by molar-refractivity contribution is 9.10. The summed E-state index contributed by atoms with van der Waals surface area (Å²) in [6, 6.07) is 14.6. The highest BCUT2D eigenvalue weighted by Gasteiger charge is 2.27. The Balaban J connectivity index is 1.62. The van der Waals surface area contributed by atoms with Crippen molar-refractivity contribution in [1.29, 1.82) is 0 Å². The van der Waals surface area contributed by atoms with E-state index in [9.17, 15) is 8.42 Å². The van der Waals surface area contributed by atoms with Crippen molar-refractivity contribution in [2.24, 2.45) is 0 Å². The third kappa shape index (κ3) is 4.56. The van der Waals surface area contributed by atoms with E-state index in [2.05, 4.69) is 30.8 Å². The van der Waals surface area contributed by atoms with Crippen molar-refractivity contribution in [2.45, 2.75) is 25.3 Å². The van der Waals surface area contributed by atoms with E-state index in [4.69, 9.17) is 23.2 Å². The van der Waals surface area contributed by atoms with Crippen LogP contribution in [0.4, 0.5) is 5.82 Å². The molecule has 0 amide bonds. The first-order valence-electron chi connectivity index (χ1n) is 9.47. The van der Waals surface area contributed by atoms with Crippen molar-refractivity contribution in [2.75, 3.05) is 4.72 Å². The number of aromatic nitrogens is 4. The number of nitrogens with one attached hydrogen (secondary N) is 1. The van der Waals surface area contributed by atoms with Gasteiger partial charge in [0, 0.05) is 6.20 Å². The Bertz CT molecular complexity index is 1400. The summed E-state index contributed by atoms with van der Waals surface area (Å²) in [6.07, 6.45) is 1.69. The summed E-state index contributed by atoms with van der Waals surface area (Å²) >= 11 is 15.4. The zero-order valence-corrected chi connectivity index (χ0v) is 21.0. The van der Waals surface area contributed by atoms with Crippen molar-refractivity contribution in [3.05, 3.63) is 86.2 Å². The fraction of sp³-hybridized carbons (Fsp3) is 0.143. The summed E-state index contributed by atoms with van der Waals surface area (Å²) in [7, 11) is -3.93. The average molecular weight is 555 g/mol. The quantitative estimate of drug-likeness (QED) is 0.336. The lowest BCUT2D eigenvalue weighted by Crippen LogP contribution is -2.16. The van der Waals surface area contributed by atoms with Crippen LogP contribution < -0.4 is 4.72 Å². The Labute approximate surface area is 204 Å². The van der Waals surface area contributed by atoms with E-state index in [1.54, 1.807) is 41.5 Å². The molecular formula is C21H18BrCl2N5O2S. The number of nitrogens with zero attached hydrogens (tertiary/aromatic N) is 4. The van der Waals surface area contributed by atoms with Gasteiger partial charge in [-0.15, -0.1) is 0 Å². The Morgan fingerprint density at radius 2 is 1.75 bits per heavy atom. The second kappa shape index (κ2) is 8.90. The molecule has 0 saturated heterocycles. The number of para-hydroxylation sites is 1. The van der Waals surface area contributed by atoms with Crippen LogP contribution in [0.25, 0.3) is 5.69 Å². The van der Waals surface area contributed by atoms with E-state index in [0.29, 0.717) is 32.5 Å². The van der Waals surface area contributed by atoms with Crippen molar-refractivity contribution in [3.63, 3.8) is 0 Å². The van der Waals surface area contributed by atoms with Crippen molar-refractivity contribution < 1.29 is 8.42 Å². The van der Waals surface area contributed by atoms with Gasteiger partial charge in [-0.25, -0.2) is 13.1 Å². The monoisotopic (exact) mass is 553 g/mol. The van der Waals surface area contributed by atoms with Gasteiger partial charge < -0.3 is 0 Å². The van der Waals surface area contributed by atoms with Crippen LogP contribution in [0.2, 0.25) is 10.0 Å². The highest BCUT2D eigenvalue weighted by atomic mass is 79.9. The molecule has 1 N–H and O–H groups in total. The molecule has 4 aromatic rings. The number of hydrogen-bond donors (Lipinski definition) is 1. The number of sulfonamides is 1. The zero-order chi connectivity index (χ0) is 23.0. The van der Waals surface area contributed by atoms with Crippen molar-refractivity contribution >= 4 is 55.0 Å². The molecule has 4 rings (SSSR count). The molecule has 7 nitrogen and oxygen atoms in total. The largest absolute Gasteiger partial charge is 0.266 e. The fourth-order valence-corrected chi connectivity index (χ4v) is 5.67. The molecule has 0 atom stereocenters. The van der Waals surface area contributed by atoms with Crippen molar-refractivity contribution in [1.82, 2.24) is 19.6 Å². The first kappa shape index (κ1) is 22.8. The van der Waals surface area contributed by atoms with E-state index in [0.717, 1.165) is 11.3 Å². The molecule has 0 radical (unpaired) electrons. The Morgan fingerprint density at radius 3 is 2.44 bits per heavy atom. The predicted octanol–water partition coefficient (Wildman–Crippen LogP) is 5.60. The Hall–Kier alpha value is -2.33. The van der Waals surface area contributed by atoms with Crippen LogP contribution in [-0.2, 0) is 16.6 Å². The van der Waals surface area contributed by atoms with Crippen LogP contribution in [0.15, 0.2) is 64.1 Å². The summed E-state index contributed by atoms with van der Waals surface area (Å²) in [6.45, 7) is 3.78. The van der Waals surface area contributed by atoms with Gasteiger partial charge in [0.15, 0.2) is 5.82 Å². The van der Waals surface area contributed by atoms with Crippen LogP contribution >= 0.6 is 39.1 Å². The smallest absolute Gasteiger partial charge is 0.265 e. The van der Waals surface area contributed by atoms with Gasteiger partial charge in [0.25, 0.3) is 10.0 Å². The lowest BCUT2D eigenvalue weighted by atomic mass is 10.2. The number of rotatable bonds is 6. The van der Waals surface area contributed by atoms with E-state index >= 15 is 0 Å². The van der Waals surface area contributed by atoms with Gasteiger partial charge in [0.05, 0.1) is 38.1 Å². The van der Waals surface area contributed by atoms with Gasteiger partial charge in [-0.3, -0.25) is 9.40 Å². The minimum absolute atomic E-state index is 0.118. The van der Waals surface area contributed by atoms with Gasteiger partial charge in [-0.05, 0) is 59.6 Å². The molecule has 2 aromatic carbocycles. The lowest BCUT2D eigenvalue weighted by Gasteiger charge is -2.08. The third-order valence-electron chi connectivity index (χ3n) is 4.77. The molecule has 0 aliphatic heterocycles. The number of anilines is 1. The standard InChI is InChI=1S/C21H18BrCl2N5O2S/c1-13-20(14(2)29(25-13)16-6-4-3-5-7-16)32(30,31)27-21-17(22)12-28(26-21)11-15-8-9-18(23)19(24)10-15/h3-10,12H,11H2,1-2H3,(H,26,27). The van der Waals surface area contributed by atoms with Gasteiger partial charge in [-0.2, -0.15) is 10.2 Å². The molecule has 0 aliphatic rings. The normalized spacial score (nSPS) is 11.7. The molecule has 2 heterocycles. The molecule has 0 saturated carbocycles. The summed E-state index contributed by atoms with van der Waals surface area (Å²) in [4.78, 5) is 0.118. The van der Waals surface area contributed by atoms with Crippen LogP contribution in [0, 0.1) is 13.8 Å². The van der Waals surface area contributed by atoms with Crippen LogP contribution in [-0.4, -0.2) is 28.0 Å². The summed E-state index contributed by atoms with van der Waals surface area (Å²) in [5.74, 6) is 0.177. The third-order valence-corrected chi connectivity index (χ3v) is 7.68. The van der Waals surface area contributed by atoms with Gasteiger partial charge >= 0.3 is 0 Å². The maximum atomic E-state index is 13.2. The Kier molecular flexibility index (Phi) is 6.35. The second-order valence-corrected chi connectivity index (χ2v) is 10.4. The Morgan fingerprint density at radius 1 is 1.03 bits per heavy atom. The summed E-state index contributed by atoms with van der Waals surface area (Å²) in [5, 5.41) is 9.70. The number of halogens is 3. The first-order chi connectivity index (χ1) is 15.2. The molecule has 166 valence electrons. The van der Waals surface area contributed by atoms with E-state index in [1.807, 2.05) is 36.4 Å². The molecule has 0 unspecified atom stereocenters. The van der Waals surface area contributed by atoms with Gasteiger partial charge in [0.1, 0.15) is 4.90 Å². The predicted molar refractivity (Wildman–Crippen MR) is 129 cm³/mol. The topological polar surface area (TPSA) is 81.8 Å². The number of aryl methyl sites for hydroxylation is 1. The number of hydrogen-bond acceptors (Lipinski definition) is 4. The van der Waals surface area contributed by atoms with E-state index in [-0.39, 0.29) is 10.7 Å². The molecule has 0 aliphatic carbocycles. The minimum Gasteiger partial charge on any atom is -0.265 e. The van der Waals surface area contributed by atoms with E-state index in [1.165, 1.54) is 0 Å². The van der Waals surface area contributed by atoms with Crippen LogP contribution in [0.1, 0.15) is 17.0 Å². The van der Waals surface area contributed by atoms with Crippen LogP contribution in [0.5, 0.6) is 0 Å². The minimum atomic E-state index is -3.93. The van der Waals surface area contributed by atoms with Gasteiger partial charge in [-0.1, -0.05) is 47.5 Å². The molecule has 11 heteroatoms. The highest BCUT2D eigenvalue weighted by Crippen LogP contribution is 2.28. The fourth-order valence-electron chi connectivity index (χ4n) is 3.39. The average Bonchev–Trinajstić information content (AvgIpc) is 3.23. The number of benzene rings is 2. The maximum Gasteiger partial charge on any atom is 0.266 e. The molecule has 32 heavy (non-hydrogen) atoms. The maximum absolute atomic E-state index is 13.2. The molecule has 0 bridgehead atoms. The molecular weight excluding hydrogens is 537 g/mol.